The number of aryl methyl sites for hydroxylation is 2. The normalized spacial score (nSPS) is 10.7. The first-order valence-corrected chi connectivity index (χ1v) is 10.9. The van der Waals surface area contributed by atoms with Gasteiger partial charge in [0.1, 0.15) is 5.75 Å². The summed E-state index contributed by atoms with van der Waals surface area (Å²) in [6.45, 7) is 7.95. The summed E-state index contributed by atoms with van der Waals surface area (Å²) in [6.07, 6.45) is 1.48. The summed E-state index contributed by atoms with van der Waals surface area (Å²) in [4.78, 5) is 24.5. The molecule has 1 amide bonds. The Morgan fingerprint density at radius 1 is 0.912 bits per heavy atom. The molecule has 0 bridgehead atoms. The summed E-state index contributed by atoms with van der Waals surface area (Å²) in [7, 11) is 0. The van der Waals surface area contributed by atoms with Gasteiger partial charge in [-0.05, 0) is 80.8 Å². The number of carbonyl (C=O) groups excluding carboxylic acids is 2. The molecule has 0 aliphatic carbocycles. The van der Waals surface area contributed by atoms with E-state index in [1.54, 1.807) is 30.3 Å². The monoisotopic (exact) mass is 460 g/mol. The Hall–Kier alpha value is -4.13. The summed E-state index contributed by atoms with van der Waals surface area (Å²) < 4.78 is 16.7. The molecule has 0 aliphatic heterocycles. The number of esters is 1. The summed E-state index contributed by atoms with van der Waals surface area (Å²) in [6, 6.07) is 17.8. The molecule has 0 unspecified atom stereocenters. The Bertz CT molecular complexity index is 1190. The van der Waals surface area contributed by atoms with Crippen molar-refractivity contribution in [2.45, 2.75) is 27.7 Å². The van der Waals surface area contributed by atoms with Gasteiger partial charge in [0.25, 0.3) is 5.91 Å². The fourth-order valence-electron chi connectivity index (χ4n) is 3.04. The zero-order valence-electron chi connectivity index (χ0n) is 19.8. The first-order chi connectivity index (χ1) is 16.4. The average Bonchev–Trinajstić information content (AvgIpc) is 2.82. The molecule has 0 atom stereocenters. The summed E-state index contributed by atoms with van der Waals surface area (Å²) in [5, 5.41) is 3.97. The van der Waals surface area contributed by atoms with E-state index in [1.807, 2.05) is 58.0 Å². The second kappa shape index (κ2) is 11.7. The van der Waals surface area contributed by atoms with Crippen LogP contribution in [-0.2, 0) is 4.79 Å². The minimum absolute atomic E-state index is 0.153. The van der Waals surface area contributed by atoms with Gasteiger partial charge < -0.3 is 14.2 Å². The van der Waals surface area contributed by atoms with Crippen molar-refractivity contribution in [1.29, 1.82) is 0 Å². The highest BCUT2D eigenvalue weighted by molar-refractivity contribution is 5.91. The van der Waals surface area contributed by atoms with Crippen molar-refractivity contribution in [3.63, 3.8) is 0 Å². The van der Waals surface area contributed by atoms with E-state index in [-0.39, 0.29) is 12.5 Å². The SMILES string of the molecule is CCOc1cc(/C=N\NC(=O)COc2cccc(C)c2C)ccc1OC(=O)c1ccc(C)cc1. The van der Waals surface area contributed by atoms with Crippen LogP contribution in [0.15, 0.2) is 65.8 Å². The van der Waals surface area contributed by atoms with E-state index in [2.05, 4.69) is 10.5 Å². The van der Waals surface area contributed by atoms with Crippen molar-refractivity contribution in [2.24, 2.45) is 5.10 Å². The number of hydrogen-bond acceptors (Lipinski definition) is 6. The number of carbonyl (C=O) groups is 2. The number of amides is 1. The van der Waals surface area contributed by atoms with Gasteiger partial charge in [-0.1, -0.05) is 29.8 Å². The van der Waals surface area contributed by atoms with Gasteiger partial charge in [0.2, 0.25) is 0 Å². The van der Waals surface area contributed by atoms with Crippen molar-refractivity contribution >= 4 is 18.1 Å². The fraction of sp³-hybridized carbons (Fsp3) is 0.222. The maximum absolute atomic E-state index is 12.5. The lowest BCUT2D eigenvalue weighted by Gasteiger charge is -2.11. The van der Waals surface area contributed by atoms with Crippen LogP contribution in [0.4, 0.5) is 0 Å². The standard InChI is InChI=1S/C27H28N2O5/c1-5-32-25-15-21(11-14-24(25)34-27(31)22-12-9-18(2)10-13-22)16-28-29-26(30)17-33-23-8-6-7-19(3)20(23)4/h6-16H,5,17H2,1-4H3,(H,29,30)/b28-16-. The third-order valence-electron chi connectivity index (χ3n) is 5.07. The Labute approximate surface area is 199 Å². The molecule has 3 aromatic carbocycles. The van der Waals surface area contributed by atoms with E-state index in [9.17, 15) is 9.59 Å². The highest BCUT2D eigenvalue weighted by Crippen LogP contribution is 2.29. The average molecular weight is 461 g/mol. The van der Waals surface area contributed by atoms with Crippen LogP contribution in [0, 0.1) is 20.8 Å². The summed E-state index contributed by atoms with van der Waals surface area (Å²) in [5.74, 6) is 0.507. The molecule has 0 saturated heterocycles. The summed E-state index contributed by atoms with van der Waals surface area (Å²) in [5.41, 5.74) is 6.69. The first kappa shape index (κ1) is 24.5. The lowest BCUT2D eigenvalue weighted by atomic mass is 10.1. The molecule has 0 radical (unpaired) electrons. The molecule has 0 fully saturated rings. The molecule has 0 aliphatic rings. The first-order valence-electron chi connectivity index (χ1n) is 10.9. The van der Waals surface area contributed by atoms with Crippen molar-refractivity contribution in [2.75, 3.05) is 13.2 Å². The van der Waals surface area contributed by atoms with E-state index in [0.717, 1.165) is 16.7 Å². The minimum atomic E-state index is -0.474. The number of nitrogens with zero attached hydrogens (tertiary/aromatic N) is 1. The van der Waals surface area contributed by atoms with Crippen LogP contribution < -0.4 is 19.6 Å². The largest absolute Gasteiger partial charge is 0.490 e. The van der Waals surface area contributed by atoms with Crippen LogP contribution in [-0.4, -0.2) is 31.3 Å². The Balaban J connectivity index is 1.60. The van der Waals surface area contributed by atoms with Gasteiger partial charge in [-0.3, -0.25) is 4.79 Å². The molecule has 0 spiro atoms. The third kappa shape index (κ3) is 6.68. The van der Waals surface area contributed by atoms with Crippen molar-refractivity contribution in [3.05, 3.63) is 88.5 Å². The zero-order chi connectivity index (χ0) is 24.5. The topological polar surface area (TPSA) is 86.2 Å². The lowest BCUT2D eigenvalue weighted by molar-refractivity contribution is -0.123. The molecular formula is C27H28N2O5. The molecule has 0 saturated carbocycles. The van der Waals surface area contributed by atoms with Gasteiger partial charge in [-0.15, -0.1) is 0 Å². The van der Waals surface area contributed by atoms with Gasteiger partial charge in [0, 0.05) is 0 Å². The van der Waals surface area contributed by atoms with Gasteiger partial charge in [0.15, 0.2) is 18.1 Å². The molecule has 7 heteroatoms. The van der Waals surface area contributed by atoms with Crippen LogP contribution in [0.5, 0.6) is 17.2 Å². The fourth-order valence-corrected chi connectivity index (χ4v) is 3.04. The van der Waals surface area contributed by atoms with E-state index < -0.39 is 5.97 Å². The maximum Gasteiger partial charge on any atom is 0.343 e. The van der Waals surface area contributed by atoms with Crippen LogP contribution in [0.2, 0.25) is 0 Å². The van der Waals surface area contributed by atoms with Gasteiger partial charge >= 0.3 is 5.97 Å². The van der Waals surface area contributed by atoms with Gasteiger partial charge in [0.05, 0.1) is 18.4 Å². The van der Waals surface area contributed by atoms with Gasteiger partial charge in [-0.25, -0.2) is 10.2 Å². The second-order valence-corrected chi connectivity index (χ2v) is 7.67. The quantitative estimate of drug-likeness (QED) is 0.215. The Morgan fingerprint density at radius 2 is 1.68 bits per heavy atom. The second-order valence-electron chi connectivity index (χ2n) is 7.67. The van der Waals surface area contributed by atoms with Crippen LogP contribution >= 0.6 is 0 Å². The van der Waals surface area contributed by atoms with Crippen LogP contribution in [0.3, 0.4) is 0 Å². The van der Waals surface area contributed by atoms with E-state index in [4.69, 9.17) is 14.2 Å². The molecule has 34 heavy (non-hydrogen) atoms. The number of ether oxygens (including phenoxy) is 3. The molecular weight excluding hydrogens is 432 g/mol. The Morgan fingerprint density at radius 3 is 2.41 bits per heavy atom. The van der Waals surface area contributed by atoms with Gasteiger partial charge in [-0.2, -0.15) is 5.10 Å². The summed E-state index contributed by atoms with van der Waals surface area (Å²) >= 11 is 0. The maximum atomic E-state index is 12.5. The van der Waals surface area contributed by atoms with Crippen LogP contribution in [0.1, 0.15) is 39.5 Å². The number of hydrazone groups is 1. The Kier molecular flexibility index (Phi) is 8.40. The third-order valence-corrected chi connectivity index (χ3v) is 5.07. The number of benzene rings is 3. The molecule has 0 heterocycles. The highest BCUT2D eigenvalue weighted by Gasteiger charge is 2.13. The van der Waals surface area contributed by atoms with Crippen molar-refractivity contribution in [3.8, 4) is 17.2 Å². The molecule has 7 nitrogen and oxygen atoms in total. The molecule has 0 aromatic heterocycles. The number of hydrogen-bond donors (Lipinski definition) is 1. The lowest BCUT2D eigenvalue weighted by Crippen LogP contribution is -2.24. The molecule has 3 rings (SSSR count). The molecule has 1 N–H and O–H groups in total. The highest BCUT2D eigenvalue weighted by atomic mass is 16.6. The van der Waals surface area contributed by atoms with E-state index in [1.165, 1.54) is 6.21 Å². The van der Waals surface area contributed by atoms with Crippen molar-refractivity contribution < 1.29 is 23.8 Å². The zero-order valence-corrected chi connectivity index (χ0v) is 19.8. The number of nitrogens with one attached hydrogen (secondary N) is 1. The van der Waals surface area contributed by atoms with Crippen molar-refractivity contribution in [1.82, 2.24) is 5.43 Å². The predicted octanol–water partition coefficient (Wildman–Crippen LogP) is 4.76. The van der Waals surface area contributed by atoms with E-state index in [0.29, 0.717) is 35.0 Å². The minimum Gasteiger partial charge on any atom is -0.490 e. The molecule has 176 valence electrons. The smallest absolute Gasteiger partial charge is 0.343 e. The van der Waals surface area contributed by atoms with E-state index >= 15 is 0 Å². The molecule has 3 aromatic rings. The predicted molar refractivity (Wildman–Crippen MR) is 131 cm³/mol. The van der Waals surface area contributed by atoms with Crippen LogP contribution in [0.25, 0.3) is 0 Å². The number of rotatable bonds is 9.